The van der Waals surface area contributed by atoms with Crippen LogP contribution in [0.15, 0.2) is 35.4 Å². The van der Waals surface area contributed by atoms with Crippen molar-refractivity contribution in [3.63, 3.8) is 0 Å². The number of hydrogen-bond acceptors (Lipinski definition) is 6. The quantitative estimate of drug-likeness (QED) is 0.562. The molecule has 1 amide bonds. The van der Waals surface area contributed by atoms with Crippen LogP contribution in [0.5, 0.6) is 0 Å². The molecule has 1 saturated heterocycles. The second kappa shape index (κ2) is 11.5. The number of aryl methyl sites for hydroxylation is 2. The van der Waals surface area contributed by atoms with Gasteiger partial charge < -0.3 is 24.6 Å². The lowest BCUT2D eigenvalue weighted by Gasteiger charge is -2.36. The lowest BCUT2D eigenvalue weighted by molar-refractivity contribution is -0.138. The molecule has 3 heterocycles. The van der Waals surface area contributed by atoms with E-state index in [9.17, 15) is 19.5 Å². The Bertz CT molecular complexity index is 1110. The van der Waals surface area contributed by atoms with E-state index in [1.54, 1.807) is 18.5 Å². The minimum Gasteiger partial charge on any atom is -0.481 e. The van der Waals surface area contributed by atoms with E-state index in [0.717, 1.165) is 16.9 Å². The van der Waals surface area contributed by atoms with E-state index in [2.05, 4.69) is 22.1 Å². The number of nitrogens with zero attached hydrogens (tertiary/aromatic N) is 3. The van der Waals surface area contributed by atoms with Crippen molar-refractivity contribution in [1.29, 1.82) is 0 Å². The molecule has 3 rings (SSSR count). The first-order valence-corrected chi connectivity index (χ1v) is 12.1. The molecular weight excluding hydrogens is 448 g/mol. The van der Waals surface area contributed by atoms with Gasteiger partial charge in [-0.3, -0.25) is 19.4 Å². The smallest absolute Gasteiger partial charge is 0.305 e. The first kappa shape index (κ1) is 26.4. The SMILES string of the molecule is Cc1ccn(C(CC(C)C)C(=O)N[C@H](CC(=O)O)c2cnc(C)c(N3CCOC[C@@H]3C)c2)c(=O)c1. The maximum atomic E-state index is 13.5. The Balaban J connectivity index is 1.94. The second-order valence-corrected chi connectivity index (χ2v) is 9.74. The molecule has 9 heteroatoms. The van der Waals surface area contributed by atoms with E-state index in [4.69, 9.17) is 4.74 Å². The highest BCUT2D eigenvalue weighted by molar-refractivity contribution is 5.81. The first-order valence-electron chi connectivity index (χ1n) is 12.1. The van der Waals surface area contributed by atoms with E-state index < -0.39 is 24.0 Å². The molecule has 9 nitrogen and oxygen atoms in total. The Morgan fingerprint density at radius 1 is 1.29 bits per heavy atom. The van der Waals surface area contributed by atoms with Gasteiger partial charge in [0, 0.05) is 31.0 Å². The summed E-state index contributed by atoms with van der Waals surface area (Å²) < 4.78 is 6.97. The molecule has 2 aromatic heterocycles. The summed E-state index contributed by atoms with van der Waals surface area (Å²) in [5, 5.41) is 12.5. The van der Waals surface area contributed by atoms with Gasteiger partial charge in [-0.2, -0.15) is 0 Å². The number of carboxylic acid groups (broad SMARTS) is 1. The van der Waals surface area contributed by atoms with Gasteiger partial charge in [-0.1, -0.05) is 13.8 Å². The van der Waals surface area contributed by atoms with Crippen LogP contribution in [-0.4, -0.2) is 52.3 Å². The molecule has 2 aromatic rings. The van der Waals surface area contributed by atoms with Crippen molar-refractivity contribution < 1.29 is 19.4 Å². The number of amides is 1. The van der Waals surface area contributed by atoms with Gasteiger partial charge in [0.15, 0.2) is 0 Å². The average Bonchev–Trinajstić information content (AvgIpc) is 2.78. The number of aliphatic carboxylic acids is 1. The minimum atomic E-state index is -1.04. The average molecular weight is 485 g/mol. The lowest BCUT2D eigenvalue weighted by Crippen LogP contribution is -2.44. The highest BCUT2D eigenvalue weighted by Crippen LogP contribution is 2.28. The van der Waals surface area contributed by atoms with Crippen molar-refractivity contribution in [3.05, 3.63) is 57.8 Å². The van der Waals surface area contributed by atoms with Crippen LogP contribution in [0.2, 0.25) is 0 Å². The molecule has 0 aromatic carbocycles. The number of morpholine rings is 1. The lowest BCUT2D eigenvalue weighted by atomic mass is 10.00. The monoisotopic (exact) mass is 484 g/mol. The number of rotatable bonds is 9. The molecule has 0 spiro atoms. The molecule has 1 fully saturated rings. The standard InChI is InChI=1S/C26H36N4O5/c1-16(2)10-23(30-7-6-17(3)11-24(30)31)26(34)28-21(13-25(32)33)20-12-22(19(5)27-14-20)29-8-9-35-15-18(29)4/h6-7,11-12,14,16,18,21,23H,8-10,13,15H2,1-5H3,(H,28,34)(H,32,33)/t18-,21+,23?/m0/s1. The molecule has 2 N–H and O–H groups in total. The summed E-state index contributed by atoms with van der Waals surface area (Å²) in [4.78, 5) is 44.6. The van der Waals surface area contributed by atoms with Gasteiger partial charge in [0.2, 0.25) is 5.91 Å². The van der Waals surface area contributed by atoms with E-state index in [0.29, 0.717) is 31.7 Å². The van der Waals surface area contributed by atoms with E-state index in [1.165, 1.54) is 10.6 Å². The third kappa shape index (κ3) is 6.69. The van der Waals surface area contributed by atoms with Gasteiger partial charge in [-0.05, 0) is 56.4 Å². The Morgan fingerprint density at radius 2 is 2.03 bits per heavy atom. The topological polar surface area (TPSA) is 114 Å². The number of nitrogens with one attached hydrogen (secondary N) is 1. The van der Waals surface area contributed by atoms with Gasteiger partial charge in [-0.25, -0.2) is 0 Å². The van der Waals surface area contributed by atoms with Crippen molar-refractivity contribution in [2.75, 3.05) is 24.7 Å². The van der Waals surface area contributed by atoms with Crippen LogP contribution in [0.25, 0.3) is 0 Å². The number of carboxylic acids is 1. The van der Waals surface area contributed by atoms with E-state index >= 15 is 0 Å². The summed E-state index contributed by atoms with van der Waals surface area (Å²) in [6.07, 6.45) is 3.39. The summed E-state index contributed by atoms with van der Waals surface area (Å²) >= 11 is 0. The fraction of sp³-hybridized carbons (Fsp3) is 0.538. The molecule has 1 unspecified atom stereocenters. The van der Waals surface area contributed by atoms with Gasteiger partial charge in [0.1, 0.15) is 6.04 Å². The highest BCUT2D eigenvalue weighted by Gasteiger charge is 2.28. The third-order valence-corrected chi connectivity index (χ3v) is 6.29. The summed E-state index contributed by atoms with van der Waals surface area (Å²) in [7, 11) is 0. The zero-order chi connectivity index (χ0) is 25.7. The number of pyridine rings is 2. The Kier molecular flexibility index (Phi) is 8.67. The van der Waals surface area contributed by atoms with Crippen LogP contribution >= 0.6 is 0 Å². The number of carbonyl (C=O) groups excluding carboxylic acids is 1. The first-order chi connectivity index (χ1) is 16.6. The maximum absolute atomic E-state index is 13.5. The predicted molar refractivity (Wildman–Crippen MR) is 134 cm³/mol. The van der Waals surface area contributed by atoms with Crippen molar-refractivity contribution in [2.24, 2.45) is 5.92 Å². The molecule has 0 bridgehead atoms. The number of anilines is 1. The van der Waals surface area contributed by atoms with E-state index in [1.807, 2.05) is 33.8 Å². The zero-order valence-electron chi connectivity index (χ0n) is 21.2. The second-order valence-electron chi connectivity index (χ2n) is 9.74. The number of ether oxygens (including phenoxy) is 1. The molecule has 3 atom stereocenters. The molecule has 1 aliphatic heterocycles. The number of aromatic nitrogens is 2. The van der Waals surface area contributed by atoms with Crippen LogP contribution in [0.3, 0.4) is 0 Å². The molecule has 0 saturated carbocycles. The van der Waals surface area contributed by atoms with Crippen molar-refractivity contribution in [1.82, 2.24) is 14.9 Å². The zero-order valence-corrected chi connectivity index (χ0v) is 21.2. The normalized spacial score (nSPS) is 17.8. The summed E-state index contributed by atoms with van der Waals surface area (Å²) in [6, 6.07) is 3.80. The molecule has 1 aliphatic rings. The van der Waals surface area contributed by atoms with Crippen LogP contribution in [-0.2, 0) is 14.3 Å². The fourth-order valence-corrected chi connectivity index (χ4v) is 4.44. The highest BCUT2D eigenvalue weighted by atomic mass is 16.5. The van der Waals surface area contributed by atoms with Gasteiger partial charge >= 0.3 is 5.97 Å². The minimum absolute atomic E-state index is 0.146. The van der Waals surface area contributed by atoms with Crippen LogP contribution in [0.4, 0.5) is 5.69 Å². The largest absolute Gasteiger partial charge is 0.481 e. The predicted octanol–water partition coefficient (Wildman–Crippen LogP) is 3.00. The van der Waals surface area contributed by atoms with Gasteiger partial charge in [0.05, 0.1) is 37.1 Å². The van der Waals surface area contributed by atoms with Gasteiger partial charge in [-0.15, -0.1) is 0 Å². The Labute approximate surface area is 206 Å². The van der Waals surface area contributed by atoms with Crippen LogP contribution < -0.4 is 15.8 Å². The van der Waals surface area contributed by atoms with Crippen LogP contribution in [0.1, 0.15) is 62.5 Å². The van der Waals surface area contributed by atoms with Crippen molar-refractivity contribution in [2.45, 2.75) is 65.6 Å². The summed E-state index contributed by atoms with van der Waals surface area (Å²) in [5.74, 6) is -1.28. The van der Waals surface area contributed by atoms with Crippen LogP contribution in [0, 0.1) is 19.8 Å². The van der Waals surface area contributed by atoms with Gasteiger partial charge in [0.25, 0.3) is 5.56 Å². The van der Waals surface area contributed by atoms with Crippen molar-refractivity contribution in [3.8, 4) is 0 Å². The maximum Gasteiger partial charge on any atom is 0.305 e. The van der Waals surface area contributed by atoms with Crippen molar-refractivity contribution >= 4 is 17.6 Å². The number of carbonyl (C=O) groups is 2. The summed E-state index contributed by atoms with van der Waals surface area (Å²) in [6.45, 7) is 11.7. The Hall–Kier alpha value is -3.20. The third-order valence-electron chi connectivity index (χ3n) is 6.29. The molecule has 35 heavy (non-hydrogen) atoms. The summed E-state index contributed by atoms with van der Waals surface area (Å²) in [5.41, 5.74) is 2.89. The molecule has 190 valence electrons. The molecule has 0 aliphatic carbocycles. The fourth-order valence-electron chi connectivity index (χ4n) is 4.44. The van der Waals surface area contributed by atoms with E-state index in [-0.39, 0.29) is 23.9 Å². The molecular formula is C26H36N4O5. The molecule has 0 radical (unpaired) electrons. The number of hydrogen-bond donors (Lipinski definition) is 2. The Morgan fingerprint density at radius 3 is 2.66 bits per heavy atom.